The van der Waals surface area contributed by atoms with Gasteiger partial charge in [0.25, 0.3) is 5.91 Å². The Hall–Kier alpha value is -3.41. The first kappa shape index (κ1) is 32.8. The van der Waals surface area contributed by atoms with Gasteiger partial charge in [-0.05, 0) is 76.7 Å². The highest BCUT2D eigenvalue weighted by atomic mass is 16.2. The van der Waals surface area contributed by atoms with Crippen LogP contribution in [0, 0.1) is 48.9 Å². The van der Waals surface area contributed by atoms with Crippen molar-refractivity contribution in [3.63, 3.8) is 0 Å². The first-order valence-electron chi connectivity index (χ1n) is 14.8. The number of aryl methyl sites for hydroxylation is 2. The van der Waals surface area contributed by atoms with Gasteiger partial charge in [-0.2, -0.15) is 5.10 Å². The number of terminal acetylenes is 1. The molecular formula is C31H49N7O2. The molecule has 4 heterocycles. The van der Waals surface area contributed by atoms with Crippen molar-refractivity contribution in [2.24, 2.45) is 23.7 Å². The van der Waals surface area contributed by atoms with E-state index in [4.69, 9.17) is 5.41 Å². The molecule has 4 aliphatic rings. The van der Waals surface area contributed by atoms with E-state index in [2.05, 4.69) is 45.5 Å². The number of imidazole rings is 1. The number of hydrogen-bond donors (Lipinski definition) is 4. The number of carbonyl (C=O) groups is 2. The average Bonchev–Trinajstić information content (AvgIpc) is 3.59. The summed E-state index contributed by atoms with van der Waals surface area (Å²) >= 11 is 0. The summed E-state index contributed by atoms with van der Waals surface area (Å²) in [6.45, 7) is 12.7. The number of rotatable bonds is 7. The summed E-state index contributed by atoms with van der Waals surface area (Å²) in [5.74, 6) is 2.81. The largest absolute Gasteiger partial charge is 0.353 e. The van der Waals surface area contributed by atoms with Crippen LogP contribution in [-0.4, -0.2) is 43.3 Å². The zero-order valence-corrected chi connectivity index (χ0v) is 25.2. The molecule has 0 radical (unpaired) electrons. The normalized spacial score (nSPS) is 25.1. The summed E-state index contributed by atoms with van der Waals surface area (Å²) in [7, 11) is 0. The van der Waals surface area contributed by atoms with Gasteiger partial charge in [0.1, 0.15) is 11.5 Å². The van der Waals surface area contributed by atoms with Crippen LogP contribution in [-0.2, 0) is 11.3 Å². The molecule has 0 aromatic carbocycles. The number of carbonyl (C=O) groups excluding carboxylic acids is 2. The molecule has 2 saturated heterocycles. The lowest BCUT2D eigenvalue weighted by Gasteiger charge is -2.46. The van der Waals surface area contributed by atoms with Gasteiger partial charge in [-0.15, -0.1) is 12.8 Å². The third-order valence-electron chi connectivity index (χ3n) is 7.99. The van der Waals surface area contributed by atoms with Gasteiger partial charge in [0.2, 0.25) is 5.91 Å². The lowest BCUT2D eigenvalue weighted by molar-refractivity contribution is -0.135. The molecule has 2 aromatic heterocycles. The minimum atomic E-state index is -0.0650. The summed E-state index contributed by atoms with van der Waals surface area (Å²) < 4.78 is 1.73. The number of nitrogens with one attached hydrogen (secondary N) is 4. The van der Waals surface area contributed by atoms with Gasteiger partial charge < -0.3 is 21.0 Å². The van der Waals surface area contributed by atoms with Gasteiger partial charge >= 0.3 is 0 Å². The van der Waals surface area contributed by atoms with Gasteiger partial charge in [0.15, 0.2) is 0 Å². The molecule has 4 atom stereocenters. The lowest BCUT2D eigenvalue weighted by atomic mass is 9.67. The van der Waals surface area contributed by atoms with Gasteiger partial charge in [-0.3, -0.25) is 14.3 Å². The first-order chi connectivity index (χ1) is 19.2. The van der Waals surface area contributed by atoms with Gasteiger partial charge in [0, 0.05) is 30.4 Å². The number of piperidine rings is 2. The third kappa shape index (κ3) is 8.54. The average molecular weight is 552 g/mol. The molecule has 4 N–H and O–H groups in total. The Morgan fingerprint density at radius 2 is 1.95 bits per heavy atom. The first-order valence-corrected chi connectivity index (χ1v) is 14.8. The minimum absolute atomic E-state index is 0.0262. The van der Waals surface area contributed by atoms with Gasteiger partial charge in [0.05, 0.1) is 17.9 Å². The van der Waals surface area contributed by atoms with Crippen LogP contribution in [0.4, 0.5) is 0 Å². The smallest absolute Gasteiger partial charge is 0.270 e. The highest BCUT2D eigenvalue weighted by molar-refractivity contribution is 5.92. The van der Waals surface area contributed by atoms with Gasteiger partial charge in [-0.1, -0.05) is 33.6 Å². The highest BCUT2D eigenvalue weighted by Gasteiger charge is 2.44. The molecule has 2 saturated carbocycles. The fourth-order valence-electron chi connectivity index (χ4n) is 6.04. The summed E-state index contributed by atoms with van der Waals surface area (Å²) in [5, 5.41) is 17.8. The van der Waals surface area contributed by atoms with Crippen molar-refractivity contribution in [2.75, 3.05) is 0 Å². The third-order valence-corrected chi connectivity index (χ3v) is 7.99. The van der Waals surface area contributed by atoms with E-state index in [9.17, 15) is 9.59 Å². The number of aromatic nitrogens is 4. The Balaban J connectivity index is 0.000000293. The van der Waals surface area contributed by atoms with E-state index in [-0.39, 0.29) is 23.8 Å². The number of fused-ring (bicyclic) bond motifs is 2. The van der Waals surface area contributed by atoms with E-state index in [0.717, 1.165) is 37.2 Å². The number of H-pyrrole nitrogens is 1. The fraction of sp³-hybridized carbons (Fsp3) is 0.645. The SMILES string of the molecule is C#C.CC.CC(=N)CC1C(=O)NC2CC1C2.CCn1nccc1C(=O)NC(c1cnc(C)[nH]1)[C@H]1CCCC(C)C1. The molecule has 2 bridgehead atoms. The van der Waals surface area contributed by atoms with Crippen LogP contribution in [0.1, 0.15) is 108 Å². The van der Waals surface area contributed by atoms with Crippen LogP contribution in [0.25, 0.3) is 0 Å². The second-order valence-corrected chi connectivity index (χ2v) is 11.0. The maximum absolute atomic E-state index is 12.8. The number of hydrogen-bond acceptors (Lipinski definition) is 5. The monoisotopic (exact) mass is 551 g/mol. The topological polar surface area (TPSA) is 129 Å². The minimum Gasteiger partial charge on any atom is -0.353 e. The van der Waals surface area contributed by atoms with E-state index < -0.39 is 0 Å². The van der Waals surface area contributed by atoms with Crippen LogP contribution in [0.2, 0.25) is 0 Å². The van der Waals surface area contributed by atoms with Crippen molar-refractivity contribution in [2.45, 2.75) is 105 Å². The summed E-state index contributed by atoms with van der Waals surface area (Å²) in [5.41, 5.74) is 2.24. The van der Waals surface area contributed by atoms with Crippen LogP contribution in [0.15, 0.2) is 18.5 Å². The lowest BCUT2D eigenvalue weighted by Crippen LogP contribution is -2.57. The van der Waals surface area contributed by atoms with Crippen molar-refractivity contribution >= 4 is 17.5 Å². The Morgan fingerprint density at radius 1 is 1.25 bits per heavy atom. The predicted octanol–water partition coefficient (Wildman–Crippen LogP) is 5.45. The zero-order valence-electron chi connectivity index (χ0n) is 25.2. The van der Waals surface area contributed by atoms with E-state index in [1.807, 2.05) is 33.9 Å². The molecule has 2 aliphatic carbocycles. The van der Waals surface area contributed by atoms with E-state index in [0.29, 0.717) is 48.2 Å². The Morgan fingerprint density at radius 3 is 2.50 bits per heavy atom. The number of amides is 2. The maximum atomic E-state index is 12.8. The molecule has 40 heavy (non-hydrogen) atoms. The van der Waals surface area contributed by atoms with Crippen LogP contribution < -0.4 is 10.6 Å². The molecule has 9 nitrogen and oxygen atoms in total. The molecule has 2 amide bonds. The fourth-order valence-corrected chi connectivity index (χ4v) is 6.04. The summed E-state index contributed by atoms with van der Waals surface area (Å²) in [4.78, 5) is 31.8. The molecular weight excluding hydrogens is 502 g/mol. The summed E-state index contributed by atoms with van der Waals surface area (Å²) in [6, 6.07) is 2.21. The number of nitrogens with zero attached hydrogens (tertiary/aromatic N) is 3. The molecule has 4 fully saturated rings. The quantitative estimate of drug-likeness (QED) is 0.269. The van der Waals surface area contributed by atoms with Gasteiger partial charge in [-0.25, -0.2) is 4.98 Å². The predicted molar refractivity (Wildman–Crippen MR) is 160 cm³/mol. The molecule has 9 heteroatoms. The van der Waals surface area contributed by atoms with Crippen LogP contribution in [0.3, 0.4) is 0 Å². The van der Waals surface area contributed by atoms with Crippen LogP contribution in [0.5, 0.6) is 0 Å². The Bertz CT molecular complexity index is 1110. The Labute approximate surface area is 240 Å². The molecule has 3 unspecified atom stereocenters. The maximum Gasteiger partial charge on any atom is 0.270 e. The van der Waals surface area contributed by atoms with E-state index in [1.165, 1.54) is 12.8 Å². The van der Waals surface area contributed by atoms with Crippen molar-refractivity contribution in [3.05, 3.63) is 35.7 Å². The highest BCUT2D eigenvalue weighted by Crippen LogP contribution is 2.40. The molecule has 2 aliphatic heterocycles. The van der Waals surface area contributed by atoms with E-state index in [1.54, 1.807) is 23.9 Å². The molecule has 220 valence electrons. The van der Waals surface area contributed by atoms with Crippen molar-refractivity contribution < 1.29 is 9.59 Å². The standard InChI is InChI=1S/C18H27N5O.C9H14N2O.C2H6.C2H2/c1-4-23-16(8-9-20-23)18(24)22-17(15-11-19-13(3)21-15)14-7-5-6-12(2)10-14;1-5(10)2-8-6-3-7(4-6)11-9(8)12;2*1-2/h8-9,11-12,14,17H,4-7,10H2,1-3H3,(H,19,21)(H,22,24);6-8,10H,2-4H2,1H3,(H,11,12);1-2H3;1-2H/t12?,14-,17?;;;/m0.../s1. The van der Waals surface area contributed by atoms with E-state index >= 15 is 0 Å². The van der Waals surface area contributed by atoms with Crippen molar-refractivity contribution in [1.82, 2.24) is 30.4 Å². The van der Waals surface area contributed by atoms with Crippen molar-refractivity contribution in [3.8, 4) is 12.8 Å². The number of aromatic amines is 1. The second-order valence-electron chi connectivity index (χ2n) is 11.0. The molecule has 0 spiro atoms. The zero-order chi connectivity index (χ0) is 29.8. The second kappa shape index (κ2) is 16.0. The Kier molecular flexibility index (Phi) is 13.1. The van der Waals surface area contributed by atoms with Crippen LogP contribution >= 0.6 is 0 Å². The summed E-state index contributed by atoms with van der Waals surface area (Å²) in [6.07, 6.45) is 19.3. The molecule has 6 rings (SSSR count). The van der Waals surface area contributed by atoms with Crippen molar-refractivity contribution in [1.29, 1.82) is 5.41 Å². The molecule has 2 aromatic rings.